The quantitative estimate of drug-likeness (QED) is 0.833. The van der Waals surface area contributed by atoms with Gasteiger partial charge in [0, 0.05) is 24.8 Å². The molecule has 88 valence electrons. The molecule has 1 aromatic rings. The van der Waals surface area contributed by atoms with Gasteiger partial charge in [0.2, 0.25) is 0 Å². The summed E-state index contributed by atoms with van der Waals surface area (Å²) in [5.41, 5.74) is 1.93. The molecule has 0 aliphatic rings. The van der Waals surface area contributed by atoms with Crippen molar-refractivity contribution in [2.45, 2.75) is 27.2 Å². The zero-order valence-corrected chi connectivity index (χ0v) is 10.1. The van der Waals surface area contributed by atoms with Crippen LogP contribution in [0.25, 0.3) is 0 Å². The number of anilines is 1. The number of aromatic nitrogens is 2. The van der Waals surface area contributed by atoms with E-state index in [1.807, 2.05) is 32.7 Å². The van der Waals surface area contributed by atoms with Crippen LogP contribution in [0, 0.1) is 20.8 Å². The SMILES string of the molecule is Cc1nc(C)c(C)c(N(C)CCC(=O)O)n1. The Hall–Kier alpha value is -1.65. The zero-order valence-electron chi connectivity index (χ0n) is 10.1. The summed E-state index contributed by atoms with van der Waals surface area (Å²) in [6.45, 7) is 6.16. The van der Waals surface area contributed by atoms with E-state index in [1.165, 1.54) is 0 Å². The van der Waals surface area contributed by atoms with Gasteiger partial charge in [-0.2, -0.15) is 0 Å². The monoisotopic (exact) mass is 223 g/mol. The van der Waals surface area contributed by atoms with Crippen molar-refractivity contribution in [2.24, 2.45) is 0 Å². The topological polar surface area (TPSA) is 66.3 Å². The Bertz CT molecular complexity index is 404. The molecule has 0 aromatic carbocycles. The van der Waals surface area contributed by atoms with Crippen LogP contribution < -0.4 is 4.90 Å². The molecule has 1 N–H and O–H groups in total. The lowest BCUT2D eigenvalue weighted by Crippen LogP contribution is -2.23. The van der Waals surface area contributed by atoms with Crippen molar-refractivity contribution in [3.63, 3.8) is 0 Å². The summed E-state index contributed by atoms with van der Waals surface area (Å²) >= 11 is 0. The number of aryl methyl sites for hydroxylation is 2. The maximum absolute atomic E-state index is 10.5. The zero-order chi connectivity index (χ0) is 12.3. The molecular weight excluding hydrogens is 206 g/mol. The van der Waals surface area contributed by atoms with Crippen LogP contribution >= 0.6 is 0 Å². The highest BCUT2D eigenvalue weighted by Crippen LogP contribution is 2.18. The summed E-state index contributed by atoms with van der Waals surface area (Å²) in [5, 5.41) is 8.63. The van der Waals surface area contributed by atoms with Crippen molar-refractivity contribution >= 4 is 11.8 Å². The summed E-state index contributed by atoms with van der Waals surface area (Å²) in [6, 6.07) is 0. The first-order valence-corrected chi connectivity index (χ1v) is 5.16. The van der Waals surface area contributed by atoms with Gasteiger partial charge in [-0.15, -0.1) is 0 Å². The number of rotatable bonds is 4. The second-order valence-electron chi connectivity index (χ2n) is 3.87. The van der Waals surface area contributed by atoms with Gasteiger partial charge in [0.1, 0.15) is 11.6 Å². The van der Waals surface area contributed by atoms with Crippen LogP contribution in [-0.2, 0) is 4.79 Å². The number of carboxylic acids is 1. The van der Waals surface area contributed by atoms with Gasteiger partial charge in [-0.25, -0.2) is 9.97 Å². The van der Waals surface area contributed by atoms with Gasteiger partial charge in [0.05, 0.1) is 6.42 Å². The molecule has 16 heavy (non-hydrogen) atoms. The van der Waals surface area contributed by atoms with Crippen molar-refractivity contribution in [2.75, 3.05) is 18.5 Å². The van der Waals surface area contributed by atoms with Crippen molar-refractivity contribution in [1.29, 1.82) is 0 Å². The van der Waals surface area contributed by atoms with E-state index >= 15 is 0 Å². The third kappa shape index (κ3) is 2.92. The second kappa shape index (κ2) is 4.92. The van der Waals surface area contributed by atoms with Crippen LogP contribution in [-0.4, -0.2) is 34.6 Å². The number of hydrogen-bond donors (Lipinski definition) is 1. The molecule has 0 aliphatic heterocycles. The molecule has 0 saturated carbocycles. The molecule has 5 nitrogen and oxygen atoms in total. The third-order valence-corrected chi connectivity index (χ3v) is 2.50. The highest BCUT2D eigenvalue weighted by molar-refractivity contribution is 5.67. The van der Waals surface area contributed by atoms with Gasteiger partial charge >= 0.3 is 5.97 Å². The van der Waals surface area contributed by atoms with E-state index in [9.17, 15) is 4.79 Å². The van der Waals surface area contributed by atoms with Crippen LogP contribution in [0.2, 0.25) is 0 Å². The van der Waals surface area contributed by atoms with E-state index in [0.717, 1.165) is 17.1 Å². The first-order chi connectivity index (χ1) is 7.41. The van der Waals surface area contributed by atoms with E-state index in [-0.39, 0.29) is 6.42 Å². The molecule has 0 spiro atoms. The molecule has 1 aromatic heterocycles. The van der Waals surface area contributed by atoms with E-state index < -0.39 is 5.97 Å². The first kappa shape index (κ1) is 12.4. The van der Waals surface area contributed by atoms with E-state index in [0.29, 0.717) is 12.4 Å². The Kier molecular flexibility index (Phi) is 3.82. The smallest absolute Gasteiger partial charge is 0.305 e. The molecule has 0 saturated heterocycles. The fraction of sp³-hybridized carbons (Fsp3) is 0.545. The van der Waals surface area contributed by atoms with Gasteiger partial charge in [0.15, 0.2) is 0 Å². The van der Waals surface area contributed by atoms with Crippen LogP contribution in [0.3, 0.4) is 0 Å². The second-order valence-corrected chi connectivity index (χ2v) is 3.87. The minimum Gasteiger partial charge on any atom is -0.481 e. The van der Waals surface area contributed by atoms with E-state index in [1.54, 1.807) is 0 Å². The fourth-order valence-corrected chi connectivity index (χ4v) is 1.49. The number of aliphatic carboxylic acids is 1. The van der Waals surface area contributed by atoms with E-state index in [2.05, 4.69) is 9.97 Å². The van der Waals surface area contributed by atoms with Gasteiger partial charge in [0.25, 0.3) is 0 Å². The van der Waals surface area contributed by atoms with Crippen molar-refractivity contribution in [1.82, 2.24) is 9.97 Å². The molecular formula is C11H17N3O2. The summed E-state index contributed by atoms with van der Waals surface area (Å²) in [7, 11) is 1.84. The average molecular weight is 223 g/mol. The maximum Gasteiger partial charge on any atom is 0.305 e. The molecule has 0 aliphatic carbocycles. The highest BCUT2D eigenvalue weighted by Gasteiger charge is 2.11. The lowest BCUT2D eigenvalue weighted by atomic mass is 10.2. The first-order valence-electron chi connectivity index (χ1n) is 5.16. The largest absolute Gasteiger partial charge is 0.481 e. The van der Waals surface area contributed by atoms with E-state index in [4.69, 9.17) is 5.11 Å². The number of carbonyl (C=O) groups is 1. The fourth-order valence-electron chi connectivity index (χ4n) is 1.49. The Morgan fingerprint density at radius 3 is 2.50 bits per heavy atom. The summed E-state index contributed by atoms with van der Waals surface area (Å²) in [4.78, 5) is 20.9. The standard InChI is InChI=1S/C11H17N3O2/c1-7-8(2)12-9(3)13-11(7)14(4)6-5-10(15)16/h5-6H2,1-4H3,(H,15,16). The van der Waals surface area contributed by atoms with Crippen molar-refractivity contribution < 1.29 is 9.90 Å². The molecule has 0 amide bonds. The molecule has 5 heteroatoms. The Morgan fingerprint density at radius 2 is 1.94 bits per heavy atom. The Labute approximate surface area is 95.1 Å². The summed E-state index contributed by atoms with van der Waals surface area (Å²) in [5.74, 6) is 0.721. The lowest BCUT2D eigenvalue weighted by Gasteiger charge is -2.20. The Balaban J connectivity index is 2.90. The van der Waals surface area contributed by atoms with Gasteiger partial charge < -0.3 is 10.0 Å². The Morgan fingerprint density at radius 1 is 1.31 bits per heavy atom. The van der Waals surface area contributed by atoms with Crippen LogP contribution in [0.4, 0.5) is 5.82 Å². The number of nitrogens with zero attached hydrogens (tertiary/aromatic N) is 3. The molecule has 0 bridgehead atoms. The van der Waals surface area contributed by atoms with Crippen LogP contribution in [0.15, 0.2) is 0 Å². The minimum absolute atomic E-state index is 0.109. The molecule has 0 unspecified atom stereocenters. The maximum atomic E-state index is 10.5. The average Bonchev–Trinajstić information content (AvgIpc) is 2.19. The van der Waals surface area contributed by atoms with Crippen LogP contribution in [0.1, 0.15) is 23.5 Å². The summed E-state index contributed by atoms with van der Waals surface area (Å²) < 4.78 is 0. The molecule has 0 radical (unpaired) electrons. The minimum atomic E-state index is -0.799. The predicted octanol–water partition coefficient (Wildman–Crippen LogP) is 1.31. The molecule has 1 heterocycles. The summed E-state index contributed by atoms with van der Waals surface area (Å²) in [6.07, 6.45) is 0.109. The number of hydrogen-bond acceptors (Lipinski definition) is 4. The van der Waals surface area contributed by atoms with Gasteiger partial charge in [-0.05, 0) is 20.8 Å². The number of carboxylic acid groups (broad SMARTS) is 1. The normalized spacial score (nSPS) is 10.2. The van der Waals surface area contributed by atoms with Gasteiger partial charge in [-0.1, -0.05) is 0 Å². The van der Waals surface area contributed by atoms with Crippen LogP contribution in [0.5, 0.6) is 0 Å². The molecule has 1 rings (SSSR count). The lowest BCUT2D eigenvalue weighted by molar-refractivity contribution is -0.136. The molecule has 0 fully saturated rings. The van der Waals surface area contributed by atoms with Crippen molar-refractivity contribution in [3.05, 3.63) is 17.1 Å². The third-order valence-electron chi connectivity index (χ3n) is 2.50. The predicted molar refractivity (Wildman–Crippen MR) is 61.8 cm³/mol. The molecule has 0 atom stereocenters. The highest BCUT2D eigenvalue weighted by atomic mass is 16.4. The van der Waals surface area contributed by atoms with Gasteiger partial charge in [-0.3, -0.25) is 4.79 Å². The van der Waals surface area contributed by atoms with Crippen molar-refractivity contribution in [3.8, 4) is 0 Å².